The number of anilines is 1. The van der Waals surface area contributed by atoms with Gasteiger partial charge in [0.1, 0.15) is 0 Å². The lowest BCUT2D eigenvalue weighted by atomic mass is 10.2. The van der Waals surface area contributed by atoms with E-state index in [9.17, 15) is 4.79 Å². The third-order valence-corrected chi connectivity index (χ3v) is 2.97. The highest BCUT2D eigenvalue weighted by Gasteiger charge is 2.07. The standard InChI is InChI=1S/C14H16N4O/c1-11-6-4-5-7-13(11)16-15-10-12-8-9-17(2)14(19)18(12)3/h4-10H,1-3H3/p+1. The van der Waals surface area contributed by atoms with Crippen LogP contribution in [0.2, 0.25) is 0 Å². The number of benzene rings is 1. The van der Waals surface area contributed by atoms with Crippen molar-refractivity contribution in [1.82, 2.24) is 4.57 Å². The van der Waals surface area contributed by atoms with Crippen LogP contribution in [-0.4, -0.2) is 10.8 Å². The first-order valence-electron chi connectivity index (χ1n) is 6.00. The minimum absolute atomic E-state index is 0.0835. The molecular weight excluding hydrogens is 240 g/mol. The molecular formula is C14H17N4O+. The van der Waals surface area contributed by atoms with Gasteiger partial charge in [-0.3, -0.25) is 5.43 Å². The van der Waals surface area contributed by atoms with Gasteiger partial charge in [-0.05, 0) is 18.6 Å². The van der Waals surface area contributed by atoms with Gasteiger partial charge in [0, 0.05) is 6.07 Å². The molecule has 0 bridgehead atoms. The Balaban J connectivity index is 2.19. The number of nitrogens with one attached hydrogen (secondary N) is 1. The van der Waals surface area contributed by atoms with Crippen LogP contribution in [0.4, 0.5) is 5.69 Å². The fourth-order valence-electron chi connectivity index (χ4n) is 1.71. The summed E-state index contributed by atoms with van der Waals surface area (Å²) in [4.78, 5) is 11.7. The van der Waals surface area contributed by atoms with Crippen LogP contribution in [0.25, 0.3) is 0 Å². The SMILES string of the molecule is Cc1ccccc1N/N=C/c1cc[n+](C)c(=O)n1C. The van der Waals surface area contributed by atoms with E-state index < -0.39 is 0 Å². The van der Waals surface area contributed by atoms with Crippen LogP contribution in [0.5, 0.6) is 0 Å². The summed E-state index contributed by atoms with van der Waals surface area (Å²) in [6.45, 7) is 2.01. The Hall–Kier alpha value is -2.43. The summed E-state index contributed by atoms with van der Waals surface area (Å²) in [5.41, 5.74) is 5.69. The first-order chi connectivity index (χ1) is 9.09. The van der Waals surface area contributed by atoms with Crippen LogP contribution in [0.15, 0.2) is 46.4 Å². The van der Waals surface area contributed by atoms with E-state index >= 15 is 0 Å². The summed E-state index contributed by atoms with van der Waals surface area (Å²) < 4.78 is 3.06. The van der Waals surface area contributed by atoms with Gasteiger partial charge in [0.05, 0.1) is 32.2 Å². The van der Waals surface area contributed by atoms with E-state index in [1.807, 2.05) is 37.3 Å². The van der Waals surface area contributed by atoms with Gasteiger partial charge in [-0.1, -0.05) is 18.2 Å². The molecule has 0 aliphatic carbocycles. The Morgan fingerprint density at radius 3 is 2.79 bits per heavy atom. The van der Waals surface area contributed by atoms with Gasteiger partial charge < -0.3 is 0 Å². The van der Waals surface area contributed by atoms with Crippen LogP contribution in [0.1, 0.15) is 11.3 Å². The van der Waals surface area contributed by atoms with Crippen LogP contribution in [0.3, 0.4) is 0 Å². The van der Waals surface area contributed by atoms with Crippen molar-refractivity contribution in [2.24, 2.45) is 19.2 Å². The zero-order chi connectivity index (χ0) is 13.8. The number of hydrazone groups is 1. The number of para-hydroxylation sites is 1. The Morgan fingerprint density at radius 1 is 1.32 bits per heavy atom. The van der Waals surface area contributed by atoms with Gasteiger partial charge in [0.15, 0.2) is 5.69 Å². The van der Waals surface area contributed by atoms with Gasteiger partial charge in [0.25, 0.3) is 0 Å². The summed E-state index contributed by atoms with van der Waals surface area (Å²) in [7, 11) is 3.44. The molecule has 2 aromatic rings. The second-order valence-electron chi connectivity index (χ2n) is 4.38. The molecule has 0 saturated carbocycles. The molecule has 1 N–H and O–H groups in total. The van der Waals surface area contributed by atoms with Crippen molar-refractivity contribution in [2.75, 3.05) is 5.43 Å². The minimum atomic E-state index is -0.0835. The molecule has 1 aromatic heterocycles. The molecule has 0 aliphatic rings. The maximum absolute atomic E-state index is 11.7. The second kappa shape index (κ2) is 5.48. The number of hydrogen-bond donors (Lipinski definition) is 1. The Labute approximate surface area is 111 Å². The normalized spacial score (nSPS) is 10.9. The lowest BCUT2D eigenvalue weighted by Crippen LogP contribution is -2.51. The highest BCUT2D eigenvalue weighted by molar-refractivity contribution is 5.77. The predicted octanol–water partition coefficient (Wildman–Crippen LogP) is 0.964. The zero-order valence-electron chi connectivity index (χ0n) is 11.3. The van der Waals surface area contributed by atoms with E-state index in [2.05, 4.69) is 10.5 Å². The average Bonchev–Trinajstić information content (AvgIpc) is 2.41. The van der Waals surface area contributed by atoms with E-state index in [1.54, 1.807) is 31.1 Å². The molecule has 0 fully saturated rings. The number of nitrogens with zero attached hydrogens (tertiary/aromatic N) is 3. The van der Waals surface area contributed by atoms with Crippen molar-refractivity contribution < 1.29 is 4.57 Å². The van der Waals surface area contributed by atoms with Crippen molar-refractivity contribution in [3.8, 4) is 0 Å². The molecule has 0 amide bonds. The van der Waals surface area contributed by atoms with E-state index in [0.29, 0.717) is 0 Å². The molecule has 5 nitrogen and oxygen atoms in total. The Morgan fingerprint density at radius 2 is 2.05 bits per heavy atom. The fraction of sp³-hybridized carbons (Fsp3) is 0.214. The highest BCUT2D eigenvalue weighted by atomic mass is 16.1. The minimum Gasteiger partial charge on any atom is -0.278 e. The first kappa shape index (κ1) is 13.0. The van der Waals surface area contributed by atoms with Gasteiger partial charge in [0.2, 0.25) is 0 Å². The van der Waals surface area contributed by atoms with Gasteiger partial charge in [-0.15, -0.1) is 0 Å². The third-order valence-electron chi connectivity index (χ3n) is 2.97. The largest absolute Gasteiger partial charge is 0.497 e. The quantitative estimate of drug-likeness (QED) is 0.506. The molecule has 0 atom stereocenters. The molecule has 5 heteroatoms. The number of hydrogen-bond acceptors (Lipinski definition) is 3. The number of aryl methyl sites for hydroxylation is 2. The molecule has 19 heavy (non-hydrogen) atoms. The molecule has 1 aromatic carbocycles. The molecule has 2 rings (SSSR count). The van der Waals surface area contributed by atoms with E-state index in [4.69, 9.17) is 0 Å². The predicted molar refractivity (Wildman–Crippen MR) is 75.3 cm³/mol. The van der Waals surface area contributed by atoms with Crippen LogP contribution in [-0.2, 0) is 14.1 Å². The molecule has 0 radical (unpaired) electrons. The van der Waals surface area contributed by atoms with Crippen molar-refractivity contribution in [2.45, 2.75) is 6.92 Å². The van der Waals surface area contributed by atoms with Crippen LogP contribution in [0, 0.1) is 6.92 Å². The maximum Gasteiger partial charge on any atom is 0.497 e. The monoisotopic (exact) mass is 257 g/mol. The van der Waals surface area contributed by atoms with Crippen molar-refractivity contribution in [1.29, 1.82) is 0 Å². The van der Waals surface area contributed by atoms with E-state index in [1.165, 1.54) is 4.57 Å². The van der Waals surface area contributed by atoms with Gasteiger partial charge in [-0.2, -0.15) is 14.5 Å². The molecule has 0 unspecified atom stereocenters. The fourth-order valence-corrected chi connectivity index (χ4v) is 1.71. The summed E-state index contributed by atoms with van der Waals surface area (Å²) in [5.74, 6) is 0. The maximum atomic E-state index is 11.7. The van der Waals surface area contributed by atoms with Crippen molar-refractivity contribution in [3.63, 3.8) is 0 Å². The third kappa shape index (κ3) is 2.88. The van der Waals surface area contributed by atoms with E-state index in [-0.39, 0.29) is 5.69 Å². The second-order valence-corrected chi connectivity index (χ2v) is 4.38. The van der Waals surface area contributed by atoms with Gasteiger partial charge >= 0.3 is 5.69 Å². The molecule has 1 heterocycles. The molecule has 0 saturated heterocycles. The number of aromatic nitrogens is 2. The summed E-state index contributed by atoms with van der Waals surface area (Å²) in [6, 6.07) is 9.73. The Kier molecular flexibility index (Phi) is 3.75. The summed E-state index contributed by atoms with van der Waals surface area (Å²) >= 11 is 0. The summed E-state index contributed by atoms with van der Waals surface area (Å²) in [5, 5.41) is 4.16. The van der Waals surface area contributed by atoms with Crippen LogP contribution < -0.4 is 15.7 Å². The smallest absolute Gasteiger partial charge is 0.278 e. The van der Waals surface area contributed by atoms with Crippen LogP contribution >= 0.6 is 0 Å². The lowest BCUT2D eigenvalue weighted by Gasteiger charge is -2.03. The molecule has 0 aliphatic heterocycles. The average molecular weight is 257 g/mol. The van der Waals surface area contributed by atoms with Crippen molar-refractivity contribution >= 4 is 11.9 Å². The van der Waals surface area contributed by atoms with Crippen molar-refractivity contribution in [3.05, 3.63) is 58.3 Å². The molecule has 98 valence electrons. The van der Waals surface area contributed by atoms with E-state index in [0.717, 1.165) is 16.9 Å². The highest BCUT2D eigenvalue weighted by Crippen LogP contribution is 2.12. The molecule has 0 spiro atoms. The summed E-state index contributed by atoms with van der Waals surface area (Å²) in [6.07, 6.45) is 3.35. The zero-order valence-corrected chi connectivity index (χ0v) is 11.3. The number of rotatable bonds is 3. The lowest BCUT2D eigenvalue weighted by molar-refractivity contribution is -0.690. The Bertz CT molecular complexity index is 673. The van der Waals surface area contributed by atoms with Gasteiger partial charge in [-0.25, -0.2) is 4.57 Å². The topological polar surface area (TPSA) is 50.3 Å². The first-order valence-corrected chi connectivity index (χ1v) is 6.00.